The molecule has 2 N–H and O–H groups in total. The normalized spacial score (nSPS) is 23.6. The van der Waals surface area contributed by atoms with Crippen LogP contribution >= 0.6 is 0 Å². The van der Waals surface area contributed by atoms with E-state index in [9.17, 15) is 0 Å². The van der Waals surface area contributed by atoms with Crippen LogP contribution < -0.4 is 5.73 Å². The van der Waals surface area contributed by atoms with Gasteiger partial charge in [0.05, 0.1) is 0 Å². The van der Waals surface area contributed by atoms with Gasteiger partial charge in [-0.3, -0.25) is 0 Å². The van der Waals surface area contributed by atoms with E-state index in [1.807, 2.05) is 0 Å². The van der Waals surface area contributed by atoms with Gasteiger partial charge in [0.2, 0.25) is 0 Å². The van der Waals surface area contributed by atoms with E-state index in [1.54, 1.807) is 5.56 Å². The fraction of sp³-hybridized carbons (Fsp3) is 0.625. The Morgan fingerprint density at radius 2 is 1.88 bits per heavy atom. The summed E-state index contributed by atoms with van der Waals surface area (Å²) >= 11 is 0. The number of nitrogens with two attached hydrogens (primary N) is 1. The van der Waals surface area contributed by atoms with Crippen molar-refractivity contribution in [1.82, 2.24) is 0 Å². The second kappa shape index (κ2) is 4.45. The zero-order valence-corrected chi connectivity index (χ0v) is 10.6. The van der Waals surface area contributed by atoms with Crippen LogP contribution in [0.1, 0.15) is 62.0 Å². The van der Waals surface area contributed by atoms with Gasteiger partial charge in [-0.1, -0.05) is 43.5 Å². The quantitative estimate of drug-likeness (QED) is 0.839. The predicted molar refractivity (Wildman–Crippen MR) is 72.2 cm³/mol. The summed E-state index contributed by atoms with van der Waals surface area (Å²) in [5.74, 6) is 0.817. The summed E-state index contributed by atoms with van der Waals surface area (Å²) in [4.78, 5) is 0. The van der Waals surface area contributed by atoms with E-state index in [0.29, 0.717) is 5.41 Å². The summed E-state index contributed by atoms with van der Waals surface area (Å²) in [6.07, 6.45) is 9.62. The Labute approximate surface area is 104 Å². The molecule has 17 heavy (non-hydrogen) atoms. The molecule has 2 aliphatic rings. The van der Waals surface area contributed by atoms with Gasteiger partial charge in [-0.2, -0.15) is 0 Å². The molecular formula is C16H23N. The molecule has 1 heteroatoms. The molecule has 1 aromatic rings. The maximum Gasteiger partial charge on any atom is 0.00763 e. The maximum atomic E-state index is 5.93. The fourth-order valence-corrected chi connectivity index (χ4v) is 3.32. The Kier molecular flexibility index (Phi) is 2.96. The minimum absolute atomic E-state index is 0.352. The Hall–Kier alpha value is -0.820. The minimum Gasteiger partial charge on any atom is -0.330 e. The van der Waals surface area contributed by atoms with Gasteiger partial charge in [0.1, 0.15) is 0 Å². The van der Waals surface area contributed by atoms with E-state index >= 15 is 0 Å². The molecule has 0 aromatic heterocycles. The summed E-state index contributed by atoms with van der Waals surface area (Å²) in [5.41, 5.74) is 9.36. The van der Waals surface area contributed by atoms with Crippen molar-refractivity contribution in [2.24, 2.45) is 5.73 Å². The van der Waals surface area contributed by atoms with Crippen LogP contribution in [-0.4, -0.2) is 6.54 Å². The molecule has 3 rings (SSSR count). The van der Waals surface area contributed by atoms with Crippen LogP contribution in [0.2, 0.25) is 0 Å². The van der Waals surface area contributed by atoms with Crippen molar-refractivity contribution in [2.75, 3.05) is 6.54 Å². The summed E-state index contributed by atoms with van der Waals surface area (Å²) in [6, 6.07) is 9.31. The van der Waals surface area contributed by atoms with E-state index < -0.39 is 0 Å². The summed E-state index contributed by atoms with van der Waals surface area (Å²) in [5, 5.41) is 0. The molecule has 2 aliphatic carbocycles. The molecule has 2 fully saturated rings. The van der Waals surface area contributed by atoms with E-state index in [0.717, 1.165) is 12.5 Å². The molecule has 92 valence electrons. The highest BCUT2D eigenvalue weighted by Crippen LogP contribution is 2.48. The van der Waals surface area contributed by atoms with Gasteiger partial charge in [0, 0.05) is 12.0 Å². The van der Waals surface area contributed by atoms with Crippen LogP contribution in [0.3, 0.4) is 0 Å². The van der Waals surface area contributed by atoms with E-state index in [-0.39, 0.29) is 0 Å². The Morgan fingerprint density at radius 3 is 2.53 bits per heavy atom. The first kappa shape index (κ1) is 11.3. The van der Waals surface area contributed by atoms with Crippen molar-refractivity contribution in [3.63, 3.8) is 0 Å². The van der Waals surface area contributed by atoms with Crippen molar-refractivity contribution < 1.29 is 0 Å². The number of benzene rings is 1. The Balaban J connectivity index is 1.83. The predicted octanol–water partition coefficient (Wildman–Crippen LogP) is 3.72. The number of hydrogen-bond donors (Lipinski definition) is 1. The van der Waals surface area contributed by atoms with E-state index in [1.165, 1.54) is 50.5 Å². The molecule has 0 atom stereocenters. The molecule has 0 spiro atoms. The summed E-state index contributed by atoms with van der Waals surface area (Å²) in [6.45, 7) is 0.821. The molecule has 0 amide bonds. The van der Waals surface area contributed by atoms with Crippen LogP contribution in [0.4, 0.5) is 0 Å². The van der Waals surface area contributed by atoms with E-state index in [4.69, 9.17) is 5.73 Å². The van der Waals surface area contributed by atoms with Crippen molar-refractivity contribution in [2.45, 2.75) is 56.3 Å². The lowest BCUT2D eigenvalue weighted by Crippen LogP contribution is -2.20. The van der Waals surface area contributed by atoms with Crippen molar-refractivity contribution >= 4 is 0 Å². The average Bonchev–Trinajstić information content (AvgIpc) is 3.21. The summed E-state index contributed by atoms with van der Waals surface area (Å²) < 4.78 is 0. The lowest BCUT2D eigenvalue weighted by molar-refractivity contribution is 0.443. The van der Waals surface area contributed by atoms with Gasteiger partial charge in [-0.15, -0.1) is 0 Å². The average molecular weight is 229 g/mol. The number of rotatable bonds is 3. The standard InChI is InChI=1S/C16H23N/c17-12-16(9-10-16)15-8-4-7-14(11-15)13-5-2-1-3-6-13/h4,7-8,11,13H,1-3,5-6,9-10,12,17H2. The Bertz CT molecular complexity index is 386. The van der Waals surface area contributed by atoms with Gasteiger partial charge in [0.15, 0.2) is 0 Å². The lowest BCUT2D eigenvalue weighted by Gasteiger charge is -2.23. The van der Waals surface area contributed by atoms with Crippen molar-refractivity contribution in [3.05, 3.63) is 35.4 Å². The molecular weight excluding hydrogens is 206 g/mol. The molecule has 2 saturated carbocycles. The van der Waals surface area contributed by atoms with Crippen LogP contribution in [0, 0.1) is 0 Å². The largest absolute Gasteiger partial charge is 0.330 e. The smallest absolute Gasteiger partial charge is 0.00763 e. The molecule has 0 unspecified atom stereocenters. The lowest BCUT2D eigenvalue weighted by atomic mass is 9.82. The van der Waals surface area contributed by atoms with Gasteiger partial charge in [0.25, 0.3) is 0 Å². The van der Waals surface area contributed by atoms with Crippen LogP contribution in [-0.2, 0) is 5.41 Å². The van der Waals surface area contributed by atoms with Crippen LogP contribution in [0.5, 0.6) is 0 Å². The molecule has 1 nitrogen and oxygen atoms in total. The van der Waals surface area contributed by atoms with Crippen LogP contribution in [0.25, 0.3) is 0 Å². The highest BCUT2D eigenvalue weighted by atomic mass is 14.7. The van der Waals surface area contributed by atoms with E-state index in [2.05, 4.69) is 24.3 Å². The summed E-state index contributed by atoms with van der Waals surface area (Å²) in [7, 11) is 0. The Morgan fingerprint density at radius 1 is 1.12 bits per heavy atom. The first-order chi connectivity index (χ1) is 8.34. The van der Waals surface area contributed by atoms with Crippen molar-refractivity contribution in [1.29, 1.82) is 0 Å². The molecule has 0 saturated heterocycles. The molecule has 0 aliphatic heterocycles. The zero-order valence-electron chi connectivity index (χ0n) is 10.6. The molecule has 0 heterocycles. The van der Waals surface area contributed by atoms with Gasteiger partial charge in [-0.05, 0) is 42.7 Å². The molecule has 0 bridgehead atoms. The van der Waals surface area contributed by atoms with Gasteiger partial charge < -0.3 is 5.73 Å². The number of hydrogen-bond acceptors (Lipinski definition) is 1. The van der Waals surface area contributed by atoms with Gasteiger partial charge >= 0.3 is 0 Å². The van der Waals surface area contributed by atoms with Gasteiger partial charge in [-0.25, -0.2) is 0 Å². The third-order valence-electron chi connectivity index (χ3n) is 4.82. The third-order valence-corrected chi connectivity index (χ3v) is 4.82. The first-order valence-corrected chi connectivity index (χ1v) is 7.15. The minimum atomic E-state index is 0.352. The maximum absolute atomic E-state index is 5.93. The fourth-order valence-electron chi connectivity index (χ4n) is 3.32. The van der Waals surface area contributed by atoms with Crippen LogP contribution in [0.15, 0.2) is 24.3 Å². The van der Waals surface area contributed by atoms with Crippen molar-refractivity contribution in [3.8, 4) is 0 Å². The first-order valence-electron chi connectivity index (χ1n) is 7.15. The molecule has 1 aromatic carbocycles. The second-order valence-corrected chi connectivity index (χ2v) is 5.94. The topological polar surface area (TPSA) is 26.0 Å². The highest BCUT2D eigenvalue weighted by Gasteiger charge is 2.42. The second-order valence-electron chi connectivity index (χ2n) is 5.94. The monoisotopic (exact) mass is 229 g/mol. The zero-order chi connectivity index (χ0) is 11.7. The molecule has 0 radical (unpaired) electrons. The third kappa shape index (κ3) is 2.13. The highest BCUT2D eigenvalue weighted by molar-refractivity contribution is 5.36. The SMILES string of the molecule is NCC1(c2cccc(C3CCCCC3)c2)CC1.